The minimum absolute atomic E-state index is 0.0875. The summed E-state index contributed by atoms with van der Waals surface area (Å²) in [7, 11) is 0. The number of carbonyl (C=O) groups is 4. The van der Waals surface area contributed by atoms with Crippen LogP contribution in [0.5, 0.6) is 0 Å². The van der Waals surface area contributed by atoms with Crippen LogP contribution >= 0.6 is 0 Å². The van der Waals surface area contributed by atoms with Crippen LogP contribution in [0.1, 0.15) is 32.6 Å². The zero-order chi connectivity index (χ0) is 14.8. The molecule has 0 unspecified atom stereocenters. The molecular formula is C11H18N2O6. The molecule has 0 aromatic heterocycles. The standard InChI is InChI=1S/C11H18N2O6/c1-2-19-10(16)6-5-9(15)13-7(11(17)18)3-4-8(12)14/h7H,2-6H2,1H3,(H2,12,14)(H,13,15)(H,17,18)/t7-/m0/s1. The minimum atomic E-state index is -1.26. The van der Waals surface area contributed by atoms with Gasteiger partial charge in [0.05, 0.1) is 13.0 Å². The van der Waals surface area contributed by atoms with Gasteiger partial charge < -0.3 is 20.9 Å². The number of aliphatic carboxylic acids is 1. The Labute approximate surface area is 110 Å². The monoisotopic (exact) mass is 274 g/mol. The number of rotatable bonds is 9. The van der Waals surface area contributed by atoms with Crippen molar-refractivity contribution in [1.82, 2.24) is 5.32 Å². The lowest BCUT2D eigenvalue weighted by Crippen LogP contribution is -2.41. The average molecular weight is 274 g/mol. The Morgan fingerprint density at radius 1 is 1.21 bits per heavy atom. The number of primary amides is 1. The lowest BCUT2D eigenvalue weighted by Gasteiger charge is -2.13. The number of amides is 2. The summed E-state index contributed by atoms with van der Waals surface area (Å²) in [6.45, 7) is 1.86. The molecule has 0 radical (unpaired) electrons. The highest BCUT2D eigenvalue weighted by Gasteiger charge is 2.20. The summed E-state index contributed by atoms with van der Waals surface area (Å²) < 4.78 is 4.63. The Bertz CT molecular complexity index is 355. The molecule has 8 nitrogen and oxygen atoms in total. The minimum Gasteiger partial charge on any atom is -0.480 e. The molecule has 0 aliphatic carbocycles. The lowest BCUT2D eigenvalue weighted by molar-refractivity contribution is -0.145. The van der Waals surface area contributed by atoms with Gasteiger partial charge in [-0.25, -0.2) is 4.79 Å². The van der Waals surface area contributed by atoms with Gasteiger partial charge in [-0.3, -0.25) is 14.4 Å². The Balaban J connectivity index is 4.13. The molecule has 0 saturated carbocycles. The van der Waals surface area contributed by atoms with Gasteiger partial charge in [-0.1, -0.05) is 0 Å². The van der Waals surface area contributed by atoms with Crippen LogP contribution in [0.15, 0.2) is 0 Å². The van der Waals surface area contributed by atoms with Gasteiger partial charge in [-0.15, -0.1) is 0 Å². The van der Waals surface area contributed by atoms with E-state index < -0.39 is 29.8 Å². The first kappa shape index (κ1) is 16.9. The molecule has 4 N–H and O–H groups in total. The molecular weight excluding hydrogens is 256 g/mol. The molecule has 0 rings (SSSR count). The van der Waals surface area contributed by atoms with Gasteiger partial charge in [0.2, 0.25) is 11.8 Å². The molecule has 0 aromatic rings. The van der Waals surface area contributed by atoms with Crippen molar-refractivity contribution in [2.24, 2.45) is 5.73 Å². The fourth-order valence-electron chi connectivity index (χ4n) is 1.26. The lowest BCUT2D eigenvalue weighted by atomic mass is 10.1. The average Bonchev–Trinajstić information content (AvgIpc) is 2.31. The summed E-state index contributed by atoms with van der Waals surface area (Å²) in [6.07, 6.45) is -0.522. The first-order valence-electron chi connectivity index (χ1n) is 5.82. The van der Waals surface area contributed by atoms with Crippen LogP contribution in [0.3, 0.4) is 0 Å². The van der Waals surface area contributed by atoms with E-state index in [0.717, 1.165) is 0 Å². The third-order valence-corrected chi connectivity index (χ3v) is 2.17. The Morgan fingerprint density at radius 2 is 1.84 bits per heavy atom. The molecule has 0 spiro atoms. The number of nitrogens with two attached hydrogens (primary N) is 1. The second kappa shape index (κ2) is 8.90. The van der Waals surface area contributed by atoms with Gasteiger partial charge in [0.15, 0.2) is 0 Å². The van der Waals surface area contributed by atoms with Crippen molar-refractivity contribution in [1.29, 1.82) is 0 Å². The van der Waals surface area contributed by atoms with E-state index in [0.29, 0.717) is 0 Å². The molecule has 2 amide bonds. The third kappa shape index (κ3) is 8.58. The van der Waals surface area contributed by atoms with E-state index in [1.165, 1.54) is 0 Å². The van der Waals surface area contributed by atoms with Crippen LogP contribution < -0.4 is 11.1 Å². The van der Waals surface area contributed by atoms with E-state index in [-0.39, 0.29) is 32.3 Å². The fourth-order valence-corrected chi connectivity index (χ4v) is 1.26. The highest BCUT2D eigenvalue weighted by Crippen LogP contribution is 2.00. The van der Waals surface area contributed by atoms with Gasteiger partial charge in [-0.05, 0) is 13.3 Å². The quantitative estimate of drug-likeness (QED) is 0.469. The van der Waals surface area contributed by atoms with E-state index in [1.54, 1.807) is 6.92 Å². The zero-order valence-electron chi connectivity index (χ0n) is 10.7. The largest absolute Gasteiger partial charge is 0.480 e. The third-order valence-electron chi connectivity index (χ3n) is 2.17. The number of nitrogens with one attached hydrogen (secondary N) is 1. The number of carbonyl (C=O) groups excluding carboxylic acids is 3. The highest BCUT2D eigenvalue weighted by molar-refractivity contribution is 5.86. The first-order chi connectivity index (χ1) is 8.86. The molecule has 0 aliphatic rings. The van der Waals surface area contributed by atoms with Crippen molar-refractivity contribution >= 4 is 23.8 Å². The van der Waals surface area contributed by atoms with Crippen molar-refractivity contribution in [3.05, 3.63) is 0 Å². The molecule has 108 valence electrons. The number of hydrogen-bond donors (Lipinski definition) is 3. The van der Waals surface area contributed by atoms with E-state index in [9.17, 15) is 19.2 Å². The van der Waals surface area contributed by atoms with Crippen LogP contribution in [-0.2, 0) is 23.9 Å². The summed E-state index contributed by atoms with van der Waals surface area (Å²) in [6, 6.07) is -1.19. The second-order valence-electron chi connectivity index (χ2n) is 3.77. The summed E-state index contributed by atoms with van der Waals surface area (Å²) in [5.41, 5.74) is 4.90. The second-order valence-corrected chi connectivity index (χ2v) is 3.77. The Morgan fingerprint density at radius 3 is 2.32 bits per heavy atom. The molecule has 0 aromatic carbocycles. The van der Waals surface area contributed by atoms with Crippen LogP contribution in [0.4, 0.5) is 0 Å². The van der Waals surface area contributed by atoms with Crippen molar-refractivity contribution < 1.29 is 29.0 Å². The van der Waals surface area contributed by atoms with Gasteiger partial charge in [0.25, 0.3) is 0 Å². The number of carboxylic acid groups (broad SMARTS) is 1. The predicted molar refractivity (Wildman–Crippen MR) is 63.9 cm³/mol. The number of esters is 1. The smallest absolute Gasteiger partial charge is 0.326 e. The molecule has 0 bridgehead atoms. The predicted octanol–water partition coefficient (Wildman–Crippen LogP) is -0.835. The van der Waals surface area contributed by atoms with Crippen molar-refractivity contribution in [3.63, 3.8) is 0 Å². The first-order valence-corrected chi connectivity index (χ1v) is 5.82. The summed E-state index contributed by atoms with van der Waals surface area (Å²) in [5.74, 6) is -3.02. The van der Waals surface area contributed by atoms with Crippen molar-refractivity contribution in [3.8, 4) is 0 Å². The maximum atomic E-state index is 11.4. The Hall–Kier alpha value is -2.12. The molecule has 0 fully saturated rings. The zero-order valence-corrected chi connectivity index (χ0v) is 10.7. The topological polar surface area (TPSA) is 136 Å². The van der Waals surface area contributed by atoms with Gasteiger partial charge in [-0.2, -0.15) is 0 Å². The maximum Gasteiger partial charge on any atom is 0.326 e. The van der Waals surface area contributed by atoms with E-state index in [1.807, 2.05) is 0 Å². The molecule has 0 aliphatic heterocycles. The molecule has 0 saturated heterocycles. The normalized spacial score (nSPS) is 11.4. The molecule has 1 atom stereocenters. The van der Waals surface area contributed by atoms with Gasteiger partial charge in [0.1, 0.15) is 6.04 Å². The maximum absolute atomic E-state index is 11.4. The molecule has 0 heterocycles. The molecule has 8 heteroatoms. The van der Waals surface area contributed by atoms with E-state index in [2.05, 4.69) is 10.1 Å². The van der Waals surface area contributed by atoms with E-state index in [4.69, 9.17) is 10.8 Å². The van der Waals surface area contributed by atoms with Crippen LogP contribution in [-0.4, -0.2) is 41.5 Å². The highest BCUT2D eigenvalue weighted by atomic mass is 16.5. The summed E-state index contributed by atoms with van der Waals surface area (Å²) in [4.78, 5) is 43.8. The molecule has 19 heavy (non-hydrogen) atoms. The number of hydrogen-bond acceptors (Lipinski definition) is 5. The van der Waals surface area contributed by atoms with Gasteiger partial charge >= 0.3 is 11.9 Å². The fraction of sp³-hybridized carbons (Fsp3) is 0.636. The Kier molecular flexibility index (Phi) is 7.90. The summed E-state index contributed by atoms with van der Waals surface area (Å²) in [5, 5.41) is 11.1. The number of ether oxygens (including phenoxy) is 1. The van der Waals surface area contributed by atoms with Crippen LogP contribution in [0.2, 0.25) is 0 Å². The van der Waals surface area contributed by atoms with Crippen molar-refractivity contribution in [2.45, 2.75) is 38.6 Å². The number of carboxylic acids is 1. The van der Waals surface area contributed by atoms with E-state index >= 15 is 0 Å². The summed E-state index contributed by atoms with van der Waals surface area (Å²) >= 11 is 0. The van der Waals surface area contributed by atoms with Gasteiger partial charge in [0, 0.05) is 12.8 Å². The van der Waals surface area contributed by atoms with Crippen LogP contribution in [0, 0.1) is 0 Å². The van der Waals surface area contributed by atoms with Crippen molar-refractivity contribution in [2.75, 3.05) is 6.61 Å². The van der Waals surface area contributed by atoms with Crippen LogP contribution in [0.25, 0.3) is 0 Å². The SMILES string of the molecule is CCOC(=O)CCC(=O)N[C@@H](CCC(N)=O)C(=O)O.